The Morgan fingerprint density at radius 2 is 2.11 bits per heavy atom. The fourth-order valence-corrected chi connectivity index (χ4v) is 1.62. The van der Waals surface area contributed by atoms with Crippen LogP contribution in [-0.2, 0) is 14.3 Å². The van der Waals surface area contributed by atoms with E-state index in [4.69, 9.17) is 4.74 Å². The van der Waals surface area contributed by atoms with Gasteiger partial charge in [-0.05, 0) is 18.2 Å². The fourth-order valence-electron chi connectivity index (χ4n) is 1.62. The number of rotatable bonds is 2. The molecule has 1 amide bonds. The summed E-state index contributed by atoms with van der Waals surface area (Å²) >= 11 is 0. The lowest BCUT2D eigenvalue weighted by molar-refractivity contribution is -0.135. The van der Waals surface area contributed by atoms with Gasteiger partial charge >= 0.3 is 5.97 Å². The van der Waals surface area contributed by atoms with Gasteiger partial charge in [-0.15, -0.1) is 0 Å². The lowest BCUT2D eigenvalue weighted by Crippen LogP contribution is -2.35. The zero-order valence-corrected chi connectivity index (χ0v) is 9.93. The SMILES string of the molecule is COC(=O)C(=O)c1ccc2c(c1)N(C)C(=O)CO2. The number of likely N-dealkylation sites (N-methyl/N-ethyl adjacent to an activating group) is 1. The van der Waals surface area contributed by atoms with Crippen molar-refractivity contribution in [1.82, 2.24) is 0 Å². The van der Waals surface area contributed by atoms with Crippen molar-refractivity contribution in [3.05, 3.63) is 23.8 Å². The number of fused-ring (bicyclic) bond motifs is 1. The highest BCUT2D eigenvalue weighted by atomic mass is 16.5. The summed E-state index contributed by atoms with van der Waals surface area (Å²) in [5.74, 6) is -1.42. The van der Waals surface area contributed by atoms with Crippen LogP contribution in [0.25, 0.3) is 0 Å². The zero-order chi connectivity index (χ0) is 13.3. The van der Waals surface area contributed by atoms with E-state index in [2.05, 4.69) is 4.74 Å². The van der Waals surface area contributed by atoms with Crippen molar-refractivity contribution in [2.75, 3.05) is 25.7 Å². The molecule has 6 nitrogen and oxygen atoms in total. The van der Waals surface area contributed by atoms with Crippen LogP contribution < -0.4 is 9.64 Å². The number of hydrogen-bond acceptors (Lipinski definition) is 5. The number of ether oxygens (including phenoxy) is 2. The third kappa shape index (κ3) is 1.92. The second-order valence-electron chi connectivity index (χ2n) is 3.74. The molecule has 2 rings (SSSR count). The third-order valence-corrected chi connectivity index (χ3v) is 2.68. The molecule has 0 aliphatic carbocycles. The Bertz CT molecular complexity index is 537. The van der Waals surface area contributed by atoms with Gasteiger partial charge in [0.1, 0.15) is 5.75 Å². The monoisotopic (exact) mass is 249 g/mol. The second kappa shape index (κ2) is 4.48. The highest BCUT2D eigenvalue weighted by molar-refractivity contribution is 6.40. The van der Waals surface area contributed by atoms with Crippen LogP contribution in [0.15, 0.2) is 18.2 Å². The van der Waals surface area contributed by atoms with Crippen LogP contribution in [0, 0.1) is 0 Å². The van der Waals surface area contributed by atoms with Gasteiger partial charge in [0.25, 0.3) is 11.7 Å². The second-order valence-corrected chi connectivity index (χ2v) is 3.74. The smallest absolute Gasteiger partial charge is 0.379 e. The van der Waals surface area contributed by atoms with Gasteiger partial charge in [-0.2, -0.15) is 0 Å². The molecule has 0 radical (unpaired) electrons. The molecule has 0 saturated heterocycles. The number of anilines is 1. The first-order valence-electron chi connectivity index (χ1n) is 5.20. The molecule has 0 bridgehead atoms. The van der Waals surface area contributed by atoms with Crippen LogP contribution in [0.3, 0.4) is 0 Å². The number of amides is 1. The molecule has 1 aliphatic heterocycles. The topological polar surface area (TPSA) is 72.9 Å². The summed E-state index contributed by atoms with van der Waals surface area (Å²) in [6.07, 6.45) is 0. The average molecular weight is 249 g/mol. The number of ketones is 1. The molecule has 1 aromatic carbocycles. The van der Waals surface area contributed by atoms with Crippen molar-refractivity contribution in [3.8, 4) is 5.75 Å². The van der Waals surface area contributed by atoms with E-state index in [-0.39, 0.29) is 18.1 Å². The number of methoxy groups -OCH3 is 1. The lowest BCUT2D eigenvalue weighted by atomic mass is 10.1. The number of benzene rings is 1. The predicted molar refractivity (Wildman–Crippen MR) is 61.7 cm³/mol. The van der Waals surface area contributed by atoms with Gasteiger partial charge in [0.15, 0.2) is 6.61 Å². The maximum atomic E-state index is 11.6. The van der Waals surface area contributed by atoms with Crippen LogP contribution in [0.2, 0.25) is 0 Å². The Kier molecular flexibility index (Phi) is 3.01. The first-order valence-corrected chi connectivity index (χ1v) is 5.20. The molecule has 0 unspecified atom stereocenters. The van der Waals surface area contributed by atoms with E-state index in [1.165, 1.54) is 17.0 Å². The Morgan fingerprint density at radius 3 is 2.78 bits per heavy atom. The van der Waals surface area contributed by atoms with Crippen molar-refractivity contribution in [2.45, 2.75) is 0 Å². The van der Waals surface area contributed by atoms with E-state index in [9.17, 15) is 14.4 Å². The number of nitrogens with zero attached hydrogens (tertiary/aromatic N) is 1. The summed E-state index contributed by atoms with van der Waals surface area (Å²) in [5, 5.41) is 0. The molecular weight excluding hydrogens is 238 g/mol. The third-order valence-electron chi connectivity index (χ3n) is 2.68. The molecule has 0 spiro atoms. The summed E-state index contributed by atoms with van der Waals surface area (Å²) in [5.41, 5.74) is 0.617. The Morgan fingerprint density at radius 1 is 1.39 bits per heavy atom. The Hall–Kier alpha value is -2.37. The maximum absolute atomic E-state index is 11.6. The molecular formula is C12H11NO5. The van der Waals surface area contributed by atoms with Gasteiger partial charge in [0, 0.05) is 12.6 Å². The minimum Gasteiger partial charge on any atom is -0.482 e. The van der Waals surface area contributed by atoms with Crippen LogP contribution in [-0.4, -0.2) is 38.4 Å². The van der Waals surface area contributed by atoms with E-state index < -0.39 is 11.8 Å². The van der Waals surface area contributed by atoms with Gasteiger partial charge in [-0.3, -0.25) is 9.59 Å². The minimum absolute atomic E-state index is 0.0339. The van der Waals surface area contributed by atoms with E-state index in [1.807, 2.05) is 0 Å². The number of esters is 1. The molecule has 94 valence electrons. The fraction of sp³-hybridized carbons (Fsp3) is 0.250. The summed E-state index contributed by atoms with van der Waals surface area (Å²) in [7, 11) is 2.72. The Balaban J connectivity index is 2.40. The average Bonchev–Trinajstić information content (AvgIpc) is 2.41. The van der Waals surface area contributed by atoms with Crippen LogP contribution in [0.5, 0.6) is 5.75 Å². The van der Waals surface area contributed by atoms with E-state index in [0.717, 1.165) is 7.11 Å². The number of carbonyl (C=O) groups is 3. The standard InChI is InChI=1S/C12H11NO5/c1-13-8-5-7(11(15)12(16)17-2)3-4-9(8)18-6-10(13)14/h3-5H,6H2,1-2H3. The van der Waals surface area contributed by atoms with Crippen molar-refractivity contribution in [3.63, 3.8) is 0 Å². The number of hydrogen-bond donors (Lipinski definition) is 0. The van der Waals surface area contributed by atoms with E-state index in [1.54, 1.807) is 13.1 Å². The van der Waals surface area contributed by atoms with Crippen LogP contribution in [0.1, 0.15) is 10.4 Å². The van der Waals surface area contributed by atoms with Crippen molar-refractivity contribution in [2.24, 2.45) is 0 Å². The lowest BCUT2D eigenvalue weighted by Gasteiger charge is -2.26. The summed E-state index contributed by atoms with van der Waals surface area (Å²) in [4.78, 5) is 35.6. The minimum atomic E-state index is -0.944. The van der Waals surface area contributed by atoms with Gasteiger partial charge in [0.2, 0.25) is 0 Å². The summed E-state index contributed by atoms with van der Waals surface area (Å²) in [6, 6.07) is 4.45. The molecule has 1 heterocycles. The Labute approximate surface area is 103 Å². The predicted octanol–water partition coefficient (Wildman–Crippen LogP) is 0.397. The van der Waals surface area contributed by atoms with Gasteiger partial charge in [-0.1, -0.05) is 0 Å². The van der Waals surface area contributed by atoms with Gasteiger partial charge in [-0.25, -0.2) is 4.79 Å². The van der Waals surface area contributed by atoms with Gasteiger partial charge in [0.05, 0.1) is 12.8 Å². The van der Waals surface area contributed by atoms with Crippen molar-refractivity contribution >= 4 is 23.3 Å². The summed E-state index contributed by atoms with van der Waals surface area (Å²) < 4.78 is 9.57. The summed E-state index contributed by atoms with van der Waals surface area (Å²) in [6.45, 7) is -0.0339. The zero-order valence-electron chi connectivity index (χ0n) is 9.93. The highest BCUT2D eigenvalue weighted by Crippen LogP contribution is 2.32. The van der Waals surface area contributed by atoms with Crippen molar-refractivity contribution < 1.29 is 23.9 Å². The van der Waals surface area contributed by atoms with E-state index >= 15 is 0 Å². The normalized spacial score (nSPS) is 13.7. The first kappa shape index (κ1) is 12.1. The van der Waals surface area contributed by atoms with Gasteiger partial charge < -0.3 is 14.4 Å². The quantitative estimate of drug-likeness (QED) is 0.431. The molecule has 18 heavy (non-hydrogen) atoms. The van der Waals surface area contributed by atoms with Crippen molar-refractivity contribution in [1.29, 1.82) is 0 Å². The largest absolute Gasteiger partial charge is 0.482 e. The maximum Gasteiger partial charge on any atom is 0.379 e. The molecule has 1 aliphatic rings. The highest BCUT2D eigenvalue weighted by Gasteiger charge is 2.25. The molecule has 0 aromatic heterocycles. The molecule has 0 saturated carbocycles. The van der Waals surface area contributed by atoms with Crippen LogP contribution >= 0.6 is 0 Å². The number of Topliss-reactive ketones (excluding diaryl/α,β-unsaturated/α-hetero) is 1. The molecule has 1 aromatic rings. The molecule has 0 atom stereocenters. The first-order chi connectivity index (χ1) is 8.54. The van der Waals surface area contributed by atoms with E-state index in [0.29, 0.717) is 11.4 Å². The van der Waals surface area contributed by atoms with Crippen LogP contribution in [0.4, 0.5) is 5.69 Å². The molecule has 0 fully saturated rings. The molecule has 6 heteroatoms. The molecule has 0 N–H and O–H groups in total. The number of carbonyl (C=O) groups excluding carboxylic acids is 3.